The first-order valence-corrected chi connectivity index (χ1v) is 10.7. The minimum Gasteiger partial charge on any atom is -0.465 e. The lowest BCUT2D eigenvalue weighted by molar-refractivity contribution is -0.144. The van der Waals surface area contributed by atoms with Gasteiger partial charge in [0.2, 0.25) is 0 Å². The summed E-state index contributed by atoms with van der Waals surface area (Å²) in [7, 11) is -3.37. The summed E-state index contributed by atoms with van der Waals surface area (Å²) in [4.78, 5) is 23.0. The van der Waals surface area contributed by atoms with Gasteiger partial charge in [-0.1, -0.05) is 19.4 Å². The number of hydrogen-bond donors (Lipinski definition) is 0. The minimum absolute atomic E-state index is 0.0511. The van der Waals surface area contributed by atoms with Crippen LogP contribution in [0.3, 0.4) is 0 Å². The van der Waals surface area contributed by atoms with Gasteiger partial charge in [0.25, 0.3) is 10.1 Å². The van der Waals surface area contributed by atoms with E-state index in [9.17, 15) is 18.0 Å². The van der Waals surface area contributed by atoms with E-state index in [-0.39, 0.29) is 17.1 Å². The first-order chi connectivity index (χ1) is 10.1. The summed E-state index contributed by atoms with van der Waals surface area (Å²) in [5.74, 6) is -1.62. The van der Waals surface area contributed by atoms with Crippen molar-refractivity contribution >= 4 is 32.4 Å². The largest absolute Gasteiger partial charge is 0.465 e. The highest BCUT2D eigenvalue weighted by atomic mass is 32.3. The molecule has 22 heavy (non-hydrogen) atoms. The Morgan fingerprint density at radius 2 is 1.55 bits per heavy atom. The molecule has 0 spiro atoms. The molecule has 0 aliphatic carbocycles. The molecule has 7 nitrogen and oxygen atoms in total. The number of carbonyl (C=O) groups is 2. The van der Waals surface area contributed by atoms with Crippen molar-refractivity contribution in [2.24, 2.45) is 0 Å². The monoisotopic (exact) mass is 356 g/mol. The highest BCUT2D eigenvalue weighted by Gasteiger charge is 2.24. The maximum atomic E-state index is 11.8. The summed E-state index contributed by atoms with van der Waals surface area (Å²) in [6.45, 7) is 1.88. The van der Waals surface area contributed by atoms with Crippen LogP contribution in [-0.4, -0.2) is 58.6 Å². The van der Waals surface area contributed by atoms with E-state index in [2.05, 4.69) is 9.47 Å². The van der Waals surface area contributed by atoms with Crippen LogP contribution in [0.4, 0.5) is 0 Å². The molecule has 0 aromatic rings. The number of carbonyl (C=O) groups excluding carboxylic acids is 2. The molecule has 0 atom stereocenters. The molecule has 0 N–H and O–H groups in total. The van der Waals surface area contributed by atoms with Gasteiger partial charge in [0.15, 0.2) is 0 Å². The van der Waals surface area contributed by atoms with Gasteiger partial charge < -0.3 is 9.47 Å². The van der Waals surface area contributed by atoms with Gasteiger partial charge >= 0.3 is 11.9 Å². The van der Waals surface area contributed by atoms with Crippen molar-refractivity contribution in [3.63, 3.8) is 0 Å². The van der Waals surface area contributed by atoms with Crippen molar-refractivity contribution in [2.75, 3.05) is 38.2 Å². The average Bonchev–Trinajstić information content (AvgIpc) is 2.43. The van der Waals surface area contributed by atoms with Crippen molar-refractivity contribution in [1.29, 1.82) is 0 Å². The second-order valence-corrected chi connectivity index (χ2v) is 10.2. The Labute approximate surface area is 133 Å². The number of ether oxygens (including phenoxy) is 2. The fourth-order valence-electron chi connectivity index (χ4n) is 1.42. The van der Waals surface area contributed by atoms with Gasteiger partial charge in [-0.2, -0.15) is 8.42 Å². The topological polar surface area (TPSA) is 96.0 Å². The van der Waals surface area contributed by atoms with E-state index in [1.165, 1.54) is 6.08 Å². The fourth-order valence-corrected chi connectivity index (χ4v) is 5.37. The van der Waals surface area contributed by atoms with E-state index in [0.717, 1.165) is 20.6 Å². The fraction of sp³-hybridized carbons (Fsp3) is 0.692. The van der Waals surface area contributed by atoms with Crippen LogP contribution in [0.2, 0.25) is 0 Å². The Hall–Kier alpha value is -1.06. The quantitative estimate of drug-likeness (QED) is 0.266. The Bertz CT molecular complexity index is 503. The Morgan fingerprint density at radius 3 is 1.95 bits per heavy atom. The number of unbranched alkanes of at least 4 members (excludes halogenated alkanes) is 1. The molecule has 0 aliphatic heterocycles. The molecule has 130 valence electrons. The van der Waals surface area contributed by atoms with Gasteiger partial charge in [-0.15, -0.1) is 10.3 Å². The van der Waals surface area contributed by atoms with Crippen LogP contribution in [0.15, 0.2) is 11.6 Å². The lowest BCUT2D eigenvalue weighted by Gasteiger charge is -2.28. The lowest BCUT2D eigenvalue weighted by Crippen LogP contribution is -2.19. The second-order valence-electron chi connectivity index (χ2n) is 4.89. The molecule has 9 heteroatoms. The maximum absolute atomic E-state index is 11.8. The highest BCUT2D eigenvalue weighted by Crippen LogP contribution is 2.43. The Morgan fingerprint density at radius 1 is 1.05 bits per heavy atom. The standard InChI is InChI=1S/C13H24O7S2/c1-6-7-9-22(16,17)20-21(4,5)10-8-11(12(14)18-2)13(15)19-3/h8H,6-7,9-10H2,1-5H3. The zero-order valence-electron chi connectivity index (χ0n) is 13.6. The molecule has 0 unspecified atom stereocenters. The SMILES string of the molecule is CCCCS(=O)(=O)OS(C)(C)CC=C(C(=O)OC)C(=O)OC. The van der Waals surface area contributed by atoms with E-state index < -0.39 is 32.4 Å². The molecule has 0 heterocycles. The van der Waals surface area contributed by atoms with Gasteiger partial charge in [0, 0.05) is 5.75 Å². The summed E-state index contributed by atoms with van der Waals surface area (Å²) in [6.07, 6.45) is 5.83. The third-order valence-electron chi connectivity index (χ3n) is 2.54. The average molecular weight is 356 g/mol. The third-order valence-corrected chi connectivity index (χ3v) is 6.60. The van der Waals surface area contributed by atoms with Gasteiger partial charge in [0.1, 0.15) is 5.57 Å². The van der Waals surface area contributed by atoms with Crippen molar-refractivity contribution in [1.82, 2.24) is 0 Å². The minimum atomic E-state index is -3.63. The van der Waals surface area contributed by atoms with Crippen LogP contribution in [0.25, 0.3) is 0 Å². The van der Waals surface area contributed by atoms with Crippen LogP contribution < -0.4 is 0 Å². The number of esters is 2. The van der Waals surface area contributed by atoms with E-state index in [1.54, 1.807) is 12.5 Å². The third kappa shape index (κ3) is 7.81. The van der Waals surface area contributed by atoms with Crippen LogP contribution >= 0.6 is 10.3 Å². The summed E-state index contributed by atoms with van der Waals surface area (Å²) >= 11 is 0. The second kappa shape index (κ2) is 9.16. The summed E-state index contributed by atoms with van der Waals surface area (Å²) in [6, 6.07) is 0. The normalized spacial score (nSPS) is 12.4. The molecular weight excluding hydrogens is 332 g/mol. The van der Waals surface area contributed by atoms with E-state index >= 15 is 0 Å². The van der Waals surface area contributed by atoms with Crippen molar-refractivity contribution < 1.29 is 31.1 Å². The molecule has 0 fully saturated rings. The molecule has 0 rings (SSSR count). The van der Waals surface area contributed by atoms with Crippen molar-refractivity contribution in [3.8, 4) is 0 Å². The zero-order chi connectivity index (χ0) is 17.4. The van der Waals surface area contributed by atoms with Crippen molar-refractivity contribution in [3.05, 3.63) is 11.6 Å². The maximum Gasteiger partial charge on any atom is 0.344 e. The van der Waals surface area contributed by atoms with Gasteiger partial charge in [-0.05, 0) is 18.9 Å². The van der Waals surface area contributed by atoms with Crippen LogP contribution in [0.1, 0.15) is 19.8 Å². The van der Waals surface area contributed by atoms with Gasteiger partial charge in [-0.25, -0.2) is 13.2 Å². The molecule has 0 saturated carbocycles. The van der Waals surface area contributed by atoms with Crippen molar-refractivity contribution in [2.45, 2.75) is 19.8 Å². The molecule has 0 aliphatic rings. The number of methoxy groups -OCH3 is 2. The molecule has 0 aromatic heterocycles. The molecule has 0 amide bonds. The Kier molecular flexibility index (Phi) is 8.72. The first-order valence-electron chi connectivity index (χ1n) is 6.60. The first kappa shape index (κ1) is 20.9. The molecular formula is C13H24O7S2. The van der Waals surface area contributed by atoms with Crippen LogP contribution in [0.5, 0.6) is 0 Å². The van der Waals surface area contributed by atoms with Gasteiger partial charge in [0.05, 0.1) is 20.0 Å². The number of rotatable bonds is 9. The van der Waals surface area contributed by atoms with Crippen LogP contribution in [0, 0.1) is 0 Å². The summed E-state index contributed by atoms with van der Waals surface area (Å²) < 4.78 is 37.9. The Balaban J connectivity index is 5.04. The molecule has 0 saturated heterocycles. The van der Waals surface area contributed by atoms with E-state index in [1.807, 2.05) is 6.92 Å². The van der Waals surface area contributed by atoms with E-state index in [4.69, 9.17) is 3.63 Å². The molecule has 0 bridgehead atoms. The van der Waals surface area contributed by atoms with Gasteiger partial charge in [-0.3, -0.25) is 0 Å². The summed E-state index contributed by atoms with van der Waals surface area (Å²) in [5.41, 5.74) is -0.278. The summed E-state index contributed by atoms with van der Waals surface area (Å²) in [5, 5.41) is 0. The predicted molar refractivity (Wildman–Crippen MR) is 86.2 cm³/mol. The van der Waals surface area contributed by atoms with E-state index in [0.29, 0.717) is 6.42 Å². The lowest BCUT2D eigenvalue weighted by atomic mass is 10.2. The predicted octanol–water partition coefficient (Wildman–Crippen LogP) is 1.38. The number of hydrogen-bond acceptors (Lipinski definition) is 7. The highest BCUT2D eigenvalue weighted by molar-refractivity contribution is 8.32. The zero-order valence-corrected chi connectivity index (χ0v) is 15.2. The smallest absolute Gasteiger partial charge is 0.344 e. The van der Waals surface area contributed by atoms with Crippen LogP contribution in [-0.2, 0) is 32.8 Å². The molecule has 0 aromatic carbocycles. The molecule has 0 radical (unpaired) electrons.